The molecule has 1 atom stereocenters. The van der Waals surface area contributed by atoms with Gasteiger partial charge in [-0.25, -0.2) is 4.98 Å². The fourth-order valence-corrected chi connectivity index (χ4v) is 11.9. The molecule has 1 amide bonds. The number of halogens is 1. The molecule has 4 aromatic heterocycles. The molecule has 10 rings (SSSR count). The number of hydrogen-bond acceptors (Lipinski definition) is 12. The number of fused-ring (bicyclic) bond motifs is 3. The Kier molecular flexibility index (Phi) is 12.0. The zero-order valence-corrected chi connectivity index (χ0v) is 38.7. The molecule has 2 aliphatic heterocycles. The number of nitriles is 1. The van der Waals surface area contributed by atoms with Crippen LogP contribution >= 0.6 is 22.9 Å². The first-order valence-electron chi connectivity index (χ1n) is 23.0. The van der Waals surface area contributed by atoms with Crippen molar-refractivity contribution in [3.63, 3.8) is 0 Å². The van der Waals surface area contributed by atoms with Crippen molar-refractivity contribution < 1.29 is 13.9 Å². The van der Waals surface area contributed by atoms with Crippen molar-refractivity contribution in [3.8, 4) is 16.8 Å². The third kappa shape index (κ3) is 8.93. The van der Waals surface area contributed by atoms with Gasteiger partial charge in [0, 0.05) is 41.2 Å². The van der Waals surface area contributed by atoms with Crippen molar-refractivity contribution in [1.29, 1.82) is 5.26 Å². The first-order valence-corrected chi connectivity index (χ1v) is 24.2. The monoisotopic (exact) mass is 908 g/mol. The summed E-state index contributed by atoms with van der Waals surface area (Å²) in [6.45, 7) is 8.29. The number of anilines is 1. The van der Waals surface area contributed by atoms with Gasteiger partial charge in [-0.2, -0.15) is 5.26 Å². The lowest BCUT2D eigenvalue weighted by atomic mass is 9.65. The predicted octanol–water partition coefficient (Wildman–Crippen LogP) is 9.83. The summed E-state index contributed by atoms with van der Waals surface area (Å²) in [5.74, 6) is 4.27. The Morgan fingerprint density at radius 3 is 2.42 bits per heavy atom. The van der Waals surface area contributed by atoms with E-state index < -0.39 is 0 Å². The number of aliphatic imine (C=N–C) groups is 1. The van der Waals surface area contributed by atoms with Crippen LogP contribution in [0.3, 0.4) is 0 Å². The summed E-state index contributed by atoms with van der Waals surface area (Å²) in [6.07, 6.45) is 15.5. The Hall–Kier alpha value is -5.91. The van der Waals surface area contributed by atoms with Crippen molar-refractivity contribution in [3.05, 3.63) is 128 Å². The molecule has 0 bridgehead atoms. The van der Waals surface area contributed by atoms with E-state index in [0.29, 0.717) is 45.7 Å². The molecular formula is C50H53ClN10O3S. The average molecular weight is 910 g/mol. The molecule has 2 saturated carbocycles. The van der Waals surface area contributed by atoms with Gasteiger partial charge in [0.25, 0.3) is 5.91 Å². The van der Waals surface area contributed by atoms with Crippen molar-refractivity contribution in [2.24, 2.45) is 16.3 Å². The molecule has 6 aromatic rings. The van der Waals surface area contributed by atoms with Gasteiger partial charge in [-0.15, -0.1) is 31.7 Å². The topological polar surface area (TPSA) is 160 Å². The minimum absolute atomic E-state index is 0.0375. The molecule has 1 spiro atoms. The lowest BCUT2D eigenvalue weighted by Crippen LogP contribution is -2.42. The van der Waals surface area contributed by atoms with Crippen LogP contribution in [-0.4, -0.2) is 66.8 Å². The highest BCUT2D eigenvalue weighted by atomic mass is 35.5. The van der Waals surface area contributed by atoms with Gasteiger partial charge in [0.1, 0.15) is 34.9 Å². The molecule has 3 fully saturated rings. The van der Waals surface area contributed by atoms with Gasteiger partial charge in [0.2, 0.25) is 0 Å². The van der Waals surface area contributed by atoms with Crippen molar-refractivity contribution in [2.45, 2.75) is 116 Å². The van der Waals surface area contributed by atoms with E-state index in [4.69, 9.17) is 31.0 Å². The third-order valence-corrected chi connectivity index (χ3v) is 15.9. The summed E-state index contributed by atoms with van der Waals surface area (Å²) >= 11 is 7.95. The maximum absolute atomic E-state index is 13.1. The number of aromatic nitrogens is 6. The number of carbonyl (C=O) groups excluding carboxylic acids is 1. The van der Waals surface area contributed by atoms with Gasteiger partial charge in [-0.3, -0.25) is 14.4 Å². The van der Waals surface area contributed by atoms with Crippen molar-refractivity contribution in [1.82, 2.24) is 35.3 Å². The number of benzene rings is 2. The summed E-state index contributed by atoms with van der Waals surface area (Å²) in [6, 6.07) is 19.9. The second-order valence-electron chi connectivity index (χ2n) is 18.5. The van der Waals surface area contributed by atoms with E-state index >= 15 is 0 Å². The number of aryl methyl sites for hydroxylation is 2. The molecule has 334 valence electrons. The van der Waals surface area contributed by atoms with Gasteiger partial charge < -0.3 is 19.4 Å². The predicted molar refractivity (Wildman–Crippen MR) is 250 cm³/mol. The molecule has 4 aliphatic rings. The number of rotatable bonds is 10. The molecule has 13 nitrogen and oxygen atoms in total. The number of ether oxygens (including phenoxy) is 1. The Bertz CT molecular complexity index is 2730. The maximum Gasteiger partial charge on any atom is 0.272 e. The minimum atomic E-state index is -0.286. The van der Waals surface area contributed by atoms with Crippen LogP contribution in [0.2, 0.25) is 5.02 Å². The smallest absolute Gasteiger partial charge is 0.272 e. The molecular weight excluding hydrogens is 856 g/mol. The van der Waals surface area contributed by atoms with E-state index in [1.54, 1.807) is 48.1 Å². The van der Waals surface area contributed by atoms with Gasteiger partial charge in [0.05, 0.1) is 35.0 Å². The molecule has 65 heavy (non-hydrogen) atoms. The fraction of sp³-hybridized carbons (Fsp3) is 0.440. The van der Waals surface area contributed by atoms with Crippen molar-refractivity contribution in [2.75, 3.05) is 18.0 Å². The summed E-state index contributed by atoms with van der Waals surface area (Å²) in [7, 11) is 0. The van der Waals surface area contributed by atoms with E-state index in [2.05, 4.69) is 84.3 Å². The number of oxazole rings is 1. The number of nitrogens with one attached hydrogen (secondary N) is 1. The summed E-state index contributed by atoms with van der Waals surface area (Å²) in [5.41, 5.74) is 7.02. The van der Waals surface area contributed by atoms with Crippen LogP contribution in [0.4, 0.5) is 5.82 Å². The Morgan fingerprint density at radius 1 is 0.938 bits per heavy atom. The first-order chi connectivity index (χ1) is 31.6. The molecule has 2 aliphatic carbocycles. The van der Waals surface area contributed by atoms with Gasteiger partial charge >= 0.3 is 0 Å². The molecule has 0 unspecified atom stereocenters. The number of carbonyl (C=O) groups is 1. The zero-order chi connectivity index (χ0) is 44.7. The normalized spacial score (nSPS) is 20.6. The van der Waals surface area contributed by atoms with Crippen LogP contribution in [0.25, 0.3) is 5.00 Å². The largest absolute Gasteiger partial charge is 0.490 e. The average Bonchev–Trinajstić information content (AvgIpc) is 4.04. The summed E-state index contributed by atoms with van der Waals surface area (Å²) < 4.78 is 14.0. The number of thiophene rings is 1. The highest BCUT2D eigenvalue weighted by Gasteiger charge is 2.39. The lowest BCUT2D eigenvalue weighted by Gasteiger charge is -2.46. The number of nitrogens with zero attached hydrogens (tertiary/aromatic N) is 9. The molecule has 1 N–H and O–H groups in total. The quantitative estimate of drug-likeness (QED) is 0.140. The number of piperidine rings is 1. The SMILES string of the molecule is Cc1sc2c(c1C)C(c1ccc(CC3CCC4(CC3)CCN(c3ccc(C(=O)NC5CCC(Oc6ccc(C#N)c(Cl)c6)CC5)nn3)CC4)cc1)=N[C@@H](Cc1ncco1)c1nnc(C)n1-2. The van der Waals surface area contributed by atoms with Crippen LogP contribution in [0.15, 0.2) is 76.5 Å². The van der Waals surface area contributed by atoms with Gasteiger partial charge in [0.15, 0.2) is 23.2 Å². The standard InChI is InChI=1S/C50H53ClN10O3S/c1-30-31(2)65-49-45(30)46(55-42(28-44-53-22-25-63-44)47-59-56-32(3)61(47)49)35-6-4-33(5-7-35)26-34-16-18-50(19-17-34)20-23-60(24-21-50)43-15-14-41(57-58-43)48(62)54-37-9-12-38(13-10-37)64-39-11-8-36(29-52)40(51)27-39/h4-8,11,14-15,22,25,27,34,37-38,42H,9-10,12-13,16-21,23-24,26,28H2,1-3H3,(H,54,62)/t37?,38?,42-/m0/s1. The van der Waals surface area contributed by atoms with E-state index in [-0.39, 0.29) is 24.1 Å². The van der Waals surface area contributed by atoms with E-state index in [1.807, 2.05) is 13.0 Å². The minimum Gasteiger partial charge on any atom is -0.490 e. The zero-order valence-electron chi connectivity index (χ0n) is 37.1. The molecule has 1 saturated heterocycles. The highest BCUT2D eigenvalue weighted by Crippen LogP contribution is 2.47. The summed E-state index contributed by atoms with van der Waals surface area (Å²) in [5, 5.41) is 31.8. The van der Waals surface area contributed by atoms with E-state index in [0.717, 1.165) is 97.3 Å². The van der Waals surface area contributed by atoms with E-state index in [9.17, 15) is 4.79 Å². The van der Waals surface area contributed by atoms with Crippen molar-refractivity contribution >= 4 is 40.4 Å². The second kappa shape index (κ2) is 18.2. The van der Waals surface area contributed by atoms with Gasteiger partial charge in [-0.05, 0) is 138 Å². The first kappa shape index (κ1) is 43.0. The second-order valence-corrected chi connectivity index (χ2v) is 20.1. The highest BCUT2D eigenvalue weighted by molar-refractivity contribution is 7.15. The molecule has 2 aromatic carbocycles. The summed E-state index contributed by atoms with van der Waals surface area (Å²) in [4.78, 5) is 26.6. The van der Waals surface area contributed by atoms with Crippen LogP contribution in [0.5, 0.6) is 5.75 Å². The Morgan fingerprint density at radius 2 is 1.72 bits per heavy atom. The van der Waals surface area contributed by atoms with Crippen LogP contribution in [0.1, 0.15) is 131 Å². The maximum atomic E-state index is 13.1. The third-order valence-electron chi connectivity index (χ3n) is 14.4. The van der Waals surface area contributed by atoms with Crippen LogP contribution in [0, 0.1) is 43.4 Å². The molecule has 0 radical (unpaired) electrons. The Labute approximate surface area is 388 Å². The van der Waals surface area contributed by atoms with Crippen LogP contribution in [-0.2, 0) is 12.8 Å². The molecule has 6 heterocycles. The fourth-order valence-electron chi connectivity index (χ4n) is 10.4. The molecule has 15 heteroatoms. The number of amides is 1. The Balaban J connectivity index is 0.706. The van der Waals surface area contributed by atoms with Gasteiger partial charge in [-0.1, -0.05) is 35.9 Å². The lowest BCUT2D eigenvalue weighted by molar-refractivity contribution is 0.0888. The van der Waals surface area contributed by atoms with Crippen LogP contribution < -0.4 is 15.0 Å². The number of hydrogen-bond donors (Lipinski definition) is 1. The van der Waals surface area contributed by atoms with E-state index in [1.165, 1.54) is 41.7 Å².